The maximum Gasteiger partial charge on any atom is 0.573 e. The van der Waals surface area contributed by atoms with Gasteiger partial charge in [-0.15, -0.1) is 17.9 Å². The van der Waals surface area contributed by atoms with Gasteiger partial charge in [0.25, 0.3) is 0 Å². The average Bonchev–Trinajstić information content (AvgIpc) is 3.26. The van der Waals surface area contributed by atoms with Crippen LogP contribution in [0.1, 0.15) is 25.3 Å². The van der Waals surface area contributed by atoms with Crippen LogP contribution in [0.2, 0.25) is 0 Å². The number of carbonyl (C=O) groups is 1. The van der Waals surface area contributed by atoms with Crippen molar-refractivity contribution in [2.24, 2.45) is 0 Å². The molecule has 0 radical (unpaired) electrons. The number of nitrogens with two attached hydrogens (primary N) is 1. The minimum atomic E-state index is -4.98. The Morgan fingerprint density at radius 3 is 2.62 bits per heavy atom. The molecule has 182 valence electrons. The zero-order valence-corrected chi connectivity index (χ0v) is 18.8. The van der Waals surface area contributed by atoms with Crippen molar-refractivity contribution in [3.8, 4) is 17.0 Å². The molecule has 0 atom stereocenters. The van der Waals surface area contributed by atoms with E-state index in [1.165, 1.54) is 12.3 Å². The number of quaternary nitrogens is 1. The molecule has 2 N–H and O–H groups in total. The van der Waals surface area contributed by atoms with Crippen molar-refractivity contribution >= 4 is 16.1 Å². The highest BCUT2D eigenvalue weighted by Gasteiger charge is 2.33. The summed E-state index contributed by atoms with van der Waals surface area (Å²) in [5.41, 5.74) is 0.668. The Morgan fingerprint density at radius 2 is 2.00 bits per heavy atom. The van der Waals surface area contributed by atoms with Crippen LogP contribution >= 0.6 is 0 Å². The second-order valence-corrected chi connectivity index (χ2v) is 8.94. The van der Waals surface area contributed by atoms with E-state index >= 15 is 0 Å². The first-order chi connectivity index (χ1) is 16.1. The van der Waals surface area contributed by atoms with Crippen LogP contribution in [0.25, 0.3) is 11.3 Å². The minimum absolute atomic E-state index is 0.0481. The van der Waals surface area contributed by atoms with Crippen molar-refractivity contribution < 1.29 is 40.6 Å². The summed E-state index contributed by atoms with van der Waals surface area (Å²) in [6.45, 7) is 2.36. The molecule has 9 nitrogen and oxygen atoms in total. The van der Waals surface area contributed by atoms with E-state index in [2.05, 4.69) is 14.7 Å². The number of rotatable bonds is 9. The second kappa shape index (κ2) is 10.7. The molecular formula is C21H22F3N4O5S+. The van der Waals surface area contributed by atoms with E-state index in [9.17, 15) is 26.4 Å². The number of primary amides is 1. The smallest absolute Gasteiger partial charge is 0.419 e. The Morgan fingerprint density at radius 1 is 1.21 bits per heavy atom. The third-order valence-corrected chi connectivity index (χ3v) is 5.98. The number of halogens is 3. The number of unbranched alkanes of at least 4 members (excludes halogenated alkanes) is 1. The molecule has 1 aromatic carbocycles. The highest BCUT2D eigenvalue weighted by Crippen LogP contribution is 2.32. The number of benzene rings is 1. The molecule has 3 aromatic rings. The number of imidazole rings is 1. The Labute approximate surface area is 193 Å². The monoisotopic (exact) mass is 499 g/mol. The number of alkyl halides is 3. The van der Waals surface area contributed by atoms with Gasteiger partial charge in [-0.25, -0.2) is 4.98 Å². The molecule has 0 saturated heterocycles. The van der Waals surface area contributed by atoms with Crippen LogP contribution in [-0.4, -0.2) is 42.0 Å². The lowest BCUT2D eigenvalue weighted by atomic mass is 10.1. The molecule has 3 rings (SSSR count). The van der Waals surface area contributed by atoms with Gasteiger partial charge in [0.1, 0.15) is 10.6 Å². The number of amides is 1. The number of nitrogens with zero attached hydrogens (tertiary/aromatic N) is 3. The Balaban J connectivity index is 1.94. The van der Waals surface area contributed by atoms with Gasteiger partial charge >= 0.3 is 22.5 Å². The summed E-state index contributed by atoms with van der Waals surface area (Å²) >= 11 is 0. The third kappa shape index (κ3) is 7.02. The van der Waals surface area contributed by atoms with E-state index in [4.69, 9.17) is 4.74 Å². The van der Waals surface area contributed by atoms with Crippen LogP contribution in [0.5, 0.6) is 5.75 Å². The van der Waals surface area contributed by atoms with Crippen LogP contribution in [0, 0.1) is 0 Å². The van der Waals surface area contributed by atoms with E-state index < -0.39 is 33.1 Å². The fraction of sp³-hybridized carbons (Fsp3) is 0.286. The lowest BCUT2D eigenvalue weighted by Gasteiger charge is -2.13. The predicted molar refractivity (Wildman–Crippen MR) is 113 cm³/mol. The molecule has 0 saturated carbocycles. The van der Waals surface area contributed by atoms with Crippen molar-refractivity contribution in [2.75, 3.05) is 6.61 Å². The fourth-order valence-electron chi connectivity index (χ4n) is 2.96. The lowest BCUT2D eigenvalue weighted by molar-refractivity contribution is -0.407. The fourth-order valence-corrected chi connectivity index (χ4v) is 4.14. The van der Waals surface area contributed by atoms with E-state index in [-0.39, 0.29) is 17.9 Å². The number of primary sulfonamides is 1. The third-order valence-electron chi connectivity index (χ3n) is 4.51. The van der Waals surface area contributed by atoms with E-state index in [1.54, 1.807) is 29.4 Å². The van der Waals surface area contributed by atoms with Crippen LogP contribution in [0.4, 0.5) is 18.0 Å². The predicted octanol–water partition coefficient (Wildman–Crippen LogP) is 3.08. The summed E-state index contributed by atoms with van der Waals surface area (Å²) in [6.07, 6.45) is 1.67. The van der Waals surface area contributed by atoms with Gasteiger partial charge in [0, 0.05) is 30.7 Å². The quantitative estimate of drug-likeness (QED) is 0.450. The number of sulfonamides is 1. The van der Waals surface area contributed by atoms with E-state index in [1.807, 2.05) is 6.92 Å². The number of aromatic nitrogens is 3. The Bertz CT molecular complexity index is 1210. The van der Waals surface area contributed by atoms with Crippen molar-refractivity contribution in [1.82, 2.24) is 14.5 Å². The number of hydrogen-bond acceptors (Lipinski definition) is 7. The van der Waals surface area contributed by atoms with Gasteiger partial charge in [0.2, 0.25) is 0 Å². The Kier molecular flexibility index (Phi) is 7.89. The highest BCUT2D eigenvalue weighted by molar-refractivity contribution is 7.85. The number of hydrogen-bond donors (Lipinski definition) is 1. The van der Waals surface area contributed by atoms with Gasteiger partial charge in [-0.3, -0.25) is 4.98 Å². The maximum atomic E-state index is 12.9. The summed E-state index contributed by atoms with van der Waals surface area (Å²) in [4.78, 5) is 19.7. The molecule has 0 unspecified atom stereocenters. The molecule has 0 aliphatic rings. The largest absolute Gasteiger partial charge is 0.573 e. The first kappa shape index (κ1) is 25.2. The van der Waals surface area contributed by atoms with Gasteiger partial charge in [0.05, 0.1) is 18.6 Å². The standard InChI is InChI=1S/C21H21F3N4O5S/c1-2-3-10-32-20(29)27-34(30,31)19-7-5-16(33-21(22,23)24)11-17(19)18-6-4-15(12-26-18)13-28-9-8-25-14-28/h4-9,11-12,14H,2-3,10,13H2,1H3,(H,27,29)/p+1. The zero-order valence-electron chi connectivity index (χ0n) is 18.0. The summed E-state index contributed by atoms with van der Waals surface area (Å²) in [5.74, 6) is -0.628. The van der Waals surface area contributed by atoms with Gasteiger partial charge in [-0.2, -0.15) is 13.2 Å². The molecule has 13 heteroatoms. The van der Waals surface area contributed by atoms with Crippen LogP contribution in [0.3, 0.4) is 0 Å². The van der Waals surface area contributed by atoms with Gasteiger partial charge in [-0.05, 0) is 36.2 Å². The molecule has 0 spiro atoms. The number of ether oxygens (including phenoxy) is 2. The van der Waals surface area contributed by atoms with E-state index in [0.717, 1.165) is 30.2 Å². The normalized spacial score (nSPS) is 11.9. The molecular weight excluding hydrogens is 477 g/mol. The van der Waals surface area contributed by atoms with E-state index in [0.29, 0.717) is 17.7 Å². The molecule has 1 amide bonds. The topological polar surface area (TPSA) is 117 Å². The van der Waals surface area contributed by atoms with Crippen LogP contribution in [0.15, 0.2) is 60.1 Å². The lowest BCUT2D eigenvalue weighted by Crippen LogP contribution is -2.90. The number of carbonyl (C=O) groups excluding carboxylic acids is 1. The average molecular weight is 499 g/mol. The molecule has 0 fully saturated rings. The zero-order chi connectivity index (χ0) is 24.8. The molecule has 2 heterocycles. The van der Waals surface area contributed by atoms with Gasteiger partial charge < -0.3 is 14.0 Å². The van der Waals surface area contributed by atoms with Crippen molar-refractivity contribution in [3.63, 3.8) is 0 Å². The summed E-state index contributed by atoms with van der Waals surface area (Å²) in [5, 5.41) is 0. The number of pyridine rings is 1. The first-order valence-corrected chi connectivity index (χ1v) is 11.7. The van der Waals surface area contributed by atoms with Crippen molar-refractivity contribution in [3.05, 3.63) is 60.8 Å². The van der Waals surface area contributed by atoms with Crippen molar-refractivity contribution in [2.45, 2.75) is 37.6 Å². The first-order valence-electron chi connectivity index (χ1n) is 10.1. The molecule has 34 heavy (non-hydrogen) atoms. The molecule has 2 aromatic heterocycles. The summed E-state index contributed by atoms with van der Waals surface area (Å²) in [7, 11) is -4.38. The minimum Gasteiger partial charge on any atom is -0.419 e. The van der Waals surface area contributed by atoms with Crippen LogP contribution < -0.4 is 9.46 Å². The molecule has 0 aliphatic heterocycles. The molecule has 0 bridgehead atoms. The second-order valence-electron chi connectivity index (χ2n) is 7.18. The maximum absolute atomic E-state index is 12.9. The molecule has 0 aliphatic carbocycles. The SMILES string of the molecule is CCCCOC(=O)[NH2+]S(=O)(=O)c1ccc(OC(F)(F)F)cc1-c1ccc(Cn2ccnc2)cn1. The van der Waals surface area contributed by atoms with Crippen molar-refractivity contribution in [1.29, 1.82) is 0 Å². The van der Waals surface area contributed by atoms with Crippen LogP contribution in [-0.2, 0) is 21.3 Å². The highest BCUT2D eigenvalue weighted by atomic mass is 32.2. The Hall–Kier alpha value is -3.45. The summed E-state index contributed by atoms with van der Waals surface area (Å²) < 4.78 is 75.0. The summed E-state index contributed by atoms with van der Waals surface area (Å²) in [6, 6.07) is 5.82. The van der Waals surface area contributed by atoms with Gasteiger partial charge in [0.15, 0.2) is 0 Å². The van der Waals surface area contributed by atoms with Gasteiger partial charge in [-0.1, -0.05) is 19.4 Å².